The van der Waals surface area contributed by atoms with Crippen LogP contribution in [0.15, 0.2) is 36.9 Å². The molecule has 7 heteroatoms. The molecule has 0 saturated heterocycles. The van der Waals surface area contributed by atoms with Gasteiger partial charge in [-0.1, -0.05) is 31.2 Å². The van der Waals surface area contributed by atoms with Crippen molar-refractivity contribution >= 4 is 11.8 Å². The number of nitrogens with zero attached hydrogens (tertiary/aromatic N) is 1. The molecule has 1 aliphatic rings. The molecule has 2 amide bonds. The fourth-order valence-corrected chi connectivity index (χ4v) is 3.18. The van der Waals surface area contributed by atoms with E-state index in [-0.39, 0.29) is 30.3 Å². The zero-order valence-electron chi connectivity index (χ0n) is 14.0. The van der Waals surface area contributed by atoms with Gasteiger partial charge < -0.3 is 10.2 Å². The Morgan fingerprint density at radius 1 is 1.36 bits per heavy atom. The molecule has 0 aromatic heterocycles. The predicted molar refractivity (Wildman–Crippen MR) is 87.8 cm³/mol. The topological polar surface area (TPSA) is 49.4 Å². The first-order valence-electron chi connectivity index (χ1n) is 8.06. The van der Waals surface area contributed by atoms with Crippen LogP contribution in [0.2, 0.25) is 0 Å². The van der Waals surface area contributed by atoms with Crippen LogP contribution in [-0.4, -0.2) is 36.3 Å². The number of halogens is 3. The van der Waals surface area contributed by atoms with Gasteiger partial charge in [0.2, 0.25) is 11.8 Å². The molecule has 4 nitrogen and oxygen atoms in total. The standard InChI is InChI=1S/C18H21F3N2O2/c1-3-17(25)23(2)11-16(24)22-15-9-5-8-14(15)12-6-4-7-13(10-12)18(19,20)21/h3-4,6-7,10,14-15H,1,5,8-9,11H2,2H3,(H,22,24)/t14-,15+/m0/s1. The third-order valence-electron chi connectivity index (χ3n) is 4.44. The molecule has 1 fully saturated rings. The minimum Gasteiger partial charge on any atom is -0.351 e. The summed E-state index contributed by atoms with van der Waals surface area (Å²) in [6.45, 7) is 3.24. The van der Waals surface area contributed by atoms with Crippen molar-refractivity contribution in [2.24, 2.45) is 0 Å². The first-order chi connectivity index (χ1) is 11.7. The van der Waals surface area contributed by atoms with Gasteiger partial charge in [-0.15, -0.1) is 0 Å². The van der Waals surface area contributed by atoms with Crippen molar-refractivity contribution in [2.45, 2.75) is 37.4 Å². The van der Waals surface area contributed by atoms with Crippen molar-refractivity contribution in [2.75, 3.05) is 13.6 Å². The van der Waals surface area contributed by atoms with Crippen LogP contribution in [0.3, 0.4) is 0 Å². The number of likely N-dealkylation sites (N-methyl/N-ethyl adjacent to an activating group) is 1. The van der Waals surface area contributed by atoms with E-state index in [0.717, 1.165) is 24.6 Å². The van der Waals surface area contributed by atoms with E-state index in [4.69, 9.17) is 0 Å². The lowest BCUT2D eigenvalue weighted by Gasteiger charge is -2.23. The number of hydrogen-bond donors (Lipinski definition) is 1. The van der Waals surface area contributed by atoms with Gasteiger partial charge in [0.1, 0.15) is 0 Å². The molecule has 1 aromatic rings. The largest absolute Gasteiger partial charge is 0.416 e. The quantitative estimate of drug-likeness (QED) is 0.826. The molecule has 1 aromatic carbocycles. The summed E-state index contributed by atoms with van der Waals surface area (Å²) < 4.78 is 38.7. The molecule has 2 atom stereocenters. The van der Waals surface area contributed by atoms with Gasteiger partial charge in [0.15, 0.2) is 0 Å². The van der Waals surface area contributed by atoms with Gasteiger partial charge in [0, 0.05) is 19.0 Å². The van der Waals surface area contributed by atoms with Gasteiger partial charge in [0.25, 0.3) is 0 Å². The molecule has 0 bridgehead atoms. The minimum atomic E-state index is -4.39. The van der Waals surface area contributed by atoms with E-state index in [9.17, 15) is 22.8 Å². The van der Waals surface area contributed by atoms with E-state index >= 15 is 0 Å². The number of rotatable bonds is 5. The lowest BCUT2D eigenvalue weighted by molar-refractivity contribution is -0.137. The van der Waals surface area contributed by atoms with E-state index in [1.807, 2.05) is 0 Å². The summed E-state index contributed by atoms with van der Waals surface area (Å²) >= 11 is 0. The van der Waals surface area contributed by atoms with Crippen LogP contribution in [0.1, 0.15) is 36.3 Å². The molecule has 1 N–H and O–H groups in total. The Labute approximate surface area is 144 Å². The normalized spacial score (nSPS) is 20.2. The van der Waals surface area contributed by atoms with E-state index < -0.39 is 11.7 Å². The molecule has 0 heterocycles. The molecule has 25 heavy (non-hydrogen) atoms. The summed E-state index contributed by atoms with van der Waals surface area (Å²) in [6, 6.07) is 5.02. The highest BCUT2D eigenvalue weighted by atomic mass is 19.4. The van der Waals surface area contributed by atoms with Gasteiger partial charge in [0.05, 0.1) is 12.1 Å². The van der Waals surface area contributed by atoms with Crippen LogP contribution in [0.5, 0.6) is 0 Å². The van der Waals surface area contributed by atoms with E-state index in [1.165, 1.54) is 18.0 Å². The fourth-order valence-electron chi connectivity index (χ4n) is 3.18. The molecule has 136 valence electrons. The number of benzene rings is 1. The van der Waals surface area contributed by atoms with Crippen molar-refractivity contribution in [3.8, 4) is 0 Å². The zero-order chi connectivity index (χ0) is 18.6. The molecule has 1 saturated carbocycles. The second kappa shape index (κ2) is 7.72. The Hall–Kier alpha value is -2.31. The number of carbonyl (C=O) groups is 2. The van der Waals surface area contributed by atoms with Crippen LogP contribution < -0.4 is 5.32 Å². The highest BCUT2D eigenvalue weighted by Gasteiger charge is 2.34. The van der Waals surface area contributed by atoms with Crippen molar-refractivity contribution in [1.29, 1.82) is 0 Å². The molecular formula is C18H21F3N2O2. The number of amides is 2. The summed E-state index contributed by atoms with van der Waals surface area (Å²) in [4.78, 5) is 24.8. The molecule has 2 rings (SSSR count). The minimum absolute atomic E-state index is 0.114. The predicted octanol–water partition coefficient (Wildman–Crippen LogP) is 3.10. The lowest BCUT2D eigenvalue weighted by atomic mass is 9.92. The van der Waals surface area contributed by atoms with Crippen LogP contribution in [-0.2, 0) is 15.8 Å². The number of alkyl halides is 3. The highest BCUT2D eigenvalue weighted by molar-refractivity contribution is 5.90. The molecule has 0 aliphatic heterocycles. The van der Waals surface area contributed by atoms with Gasteiger partial charge in [-0.25, -0.2) is 0 Å². The van der Waals surface area contributed by atoms with Crippen molar-refractivity contribution < 1.29 is 22.8 Å². The summed E-state index contributed by atoms with van der Waals surface area (Å²) in [5, 5.41) is 2.85. The maximum atomic E-state index is 12.9. The molecular weight excluding hydrogens is 333 g/mol. The van der Waals surface area contributed by atoms with Crippen LogP contribution in [0.4, 0.5) is 13.2 Å². The Kier molecular flexibility index (Phi) is 5.87. The van der Waals surface area contributed by atoms with Crippen LogP contribution >= 0.6 is 0 Å². The van der Waals surface area contributed by atoms with E-state index in [2.05, 4.69) is 11.9 Å². The second-order valence-corrected chi connectivity index (χ2v) is 6.23. The Balaban J connectivity index is 2.06. The molecule has 0 radical (unpaired) electrons. The Morgan fingerprint density at radius 2 is 2.08 bits per heavy atom. The van der Waals surface area contributed by atoms with Crippen molar-refractivity contribution in [1.82, 2.24) is 10.2 Å². The summed E-state index contributed by atoms with van der Waals surface area (Å²) in [5.41, 5.74) is -0.105. The smallest absolute Gasteiger partial charge is 0.351 e. The Morgan fingerprint density at radius 3 is 2.72 bits per heavy atom. The summed E-state index contributed by atoms with van der Waals surface area (Å²) in [6.07, 6.45) is -1.03. The van der Waals surface area contributed by atoms with Gasteiger partial charge >= 0.3 is 6.18 Å². The van der Waals surface area contributed by atoms with Crippen LogP contribution in [0.25, 0.3) is 0 Å². The van der Waals surface area contributed by atoms with E-state index in [0.29, 0.717) is 18.4 Å². The average Bonchev–Trinajstić information content (AvgIpc) is 3.01. The first kappa shape index (κ1) is 19.0. The maximum absolute atomic E-state index is 12.9. The maximum Gasteiger partial charge on any atom is 0.416 e. The fraction of sp³-hybridized carbons (Fsp3) is 0.444. The third kappa shape index (κ3) is 4.84. The van der Waals surface area contributed by atoms with Crippen LogP contribution in [0, 0.1) is 0 Å². The third-order valence-corrected chi connectivity index (χ3v) is 4.44. The van der Waals surface area contributed by atoms with Gasteiger partial charge in [-0.05, 0) is 30.5 Å². The monoisotopic (exact) mass is 354 g/mol. The molecule has 0 unspecified atom stereocenters. The lowest BCUT2D eigenvalue weighted by Crippen LogP contribution is -2.43. The number of carbonyl (C=O) groups excluding carboxylic acids is 2. The van der Waals surface area contributed by atoms with E-state index in [1.54, 1.807) is 6.07 Å². The SMILES string of the molecule is C=CC(=O)N(C)CC(=O)N[C@@H]1CCC[C@H]1c1cccc(C(F)(F)F)c1. The zero-order valence-corrected chi connectivity index (χ0v) is 14.0. The Bertz CT molecular complexity index is 658. The first-order valence-corrected chi connectivity index (χ1v) is 8.06. The number of nitrogens with one attached hydrogen (secondary N) is 1. The highest BCUT2D eigenvalue weighted by Crippen LogP contribution is 2.37. The molecule has 1 aliphatic carbocycles. The average molecular weight is 354 g/mol. The van der Waals surface area contributed by atoms with Gasteiger partial charge in [-0.2, -0.15) is 13.2 Å². The van der Waals surface area contributed by atoms with Crippen molar-refractivity contribution in [3.63, 3.8) is 0 Å². The molecule has 0 spiro atoms. The van der Waals surface area contributed by atoms with Crippen molar-refractivity contribution in [3.05, 3.63) is 48.0 Å². The van der Waals surface area contributed by atoms with Gasteiger partial charge in [-0.3, -0.25) is 9.59 Å². The summed E-state index contributed by atoms with van der Waals surface area (Å²) in [7, 11) is 1.49. The number of hydrogen-bond acceptors (Lipinski definition) is 2. The summed E-state index contributed by atoms with van der Waals surface area (Å²) in [5.74, 6) is -0.857. The second-order valence-electron chi connectivity index (χ2n) is 6.23.